The second-order valence-electron chi connectivity index (χ2n) is 10.9. The fraction of sp³-hybridized carbons (Fsp3) is 0.444. The first kappa shape index (κ1) is 32.3. The van der Waals surface area contributed by atoms with Gasteiger partial charge in [0.05, 0.1) is 22.8 Å². The van der Waals surface area contributed by atoms with Gasteiger partial charge in [0, 0.05) is 33.2 Å². The van der Waals surface area contributed by atoms with E-state index in [4.69, 9.17) is 9.97 Å². The van der Waals surface area contributed by atoms with Gasteiger partial charge in [-0.05, 0) is 109 Å². The van der Waals surface area contributed by atoms with Crippen LogP contribution >= 0.6 is 10.1 Å². The summed E-state index contributed by atoms with van der Waals surface area (Å²) in [6.07, 6.45) is 12.1. The molecule has 6 heteroatoms. The molecule has 4 nitrogen and oxygen atoms in total. The van der Waals surface area contributed by atoms with Crippen molar-refractivity contribution in [2.75, 3.05) is 0 Å². The van der Waals surface area contributed by atoms with Gasteiger partial charge in [0.2, 0.25) is 0 Å². The Balaban J connectivity index is 0.00000198. The minimum atomic E-state index is 0.935. The summed E-state index contributed by atoms with van der Waals surface area (Å²) in [4.78, 5) is 18.4. The van der Waals surface area contributed by atoms with Crippen LogP contribution < -0.4 is 0 Å². The molecular formula is C36H46ClMnN4. The van der Waals surface area contributed by atoms with E-state index in [1.807, 2.05) is 0 Å². The minimum absolute atomic E-state index is 0.935. The maximum absolute atomic E-state index is 5.58. The van der Waals surface area contributed by atoms with E-state index in [0.29, 0.717) is 0 Å². The first-order valence-electron chi connectivity index (χ1n) is 15.8. The van der Waals surface area contributed by atoms with Crippen LogP contribution in [0.2, 0.25) is 0 Å². The van der Waals surface area contributed by atoms with E-state index in [-0.39, 0.29) is 0 Å². The van der Waals surface area contributed by atoms with E-state index in [1.54, 1.807) is 0 Å². The number of allylic oxidation sites excluding steroid dienone is 2. The van der Waals surface area contributed by atoms with Gasteiger partial charge in [-0.1, -0.05) is 55.4 Å². The third-order valence-corrected chi connectivity index (χ3v) is 8.93. The van der Waals surface area contributed by atoms with Gasteiger partial charge in [0.1, 0.15) is 0 Å². The molecule has 3 aromatic rings. The van der Waals surface area contributed by atoms with Crippen LogP contribution in [0.4, 0.5) is 0 Å². The molecule has 2 aliphatic heterocycles. The molecule has 5 heterocycles. The second-order valence-corrected chi connectivity index (χ2v) is 10.9. The zero-order valence-corrected chi connectivity index (χ0v) is 28.6. The van der Waals surface area contributed by atoms with Crippen LogP contribution in [0.3, 0.4) is 0 Å². The monoisotopic (exact) mass is 624 g/mol. The van der Waals surface area contributed by atoms with Crippen molar-refractivity contribution in [1.29, 1.82) is 0 Å². The predicted octanol–water partition coefficient (Wildman–Crippen LogP) is 10.3. The fourth-order valence-electron chi connectivity index (χ4n) is 7.12. The van der Waals surface area contributed by atoms with Crippen molar-refractivity contribution in [2.45, 2.75) is 107 Å². The van der Waals surface area contributed by atoms with Gasteiger partial charge in [-0.15, -0.1) is 0 Å². The number of rotatable bonds is 8. The molecule has 3 aromatic heterocycles. The Morgan fingerprint density at radius 3 is 1.17 bits per heavy atom. The molecule has 0 aromatic carbocycles. The van der Waals surface area contributed by atoms with Crippen LogP contribution in [-0.4, -0.2) is 19.9 Å². The summed E-state index contributed by atoms with van der Waals surface area (Å²) < 4.78 is 0. The van der Waals surface area contributed by atoms with E-state index in [1.165, 1.54) is 78.0 Å². The van der Waals surface area contributed by atoms with E-state index in [0.717, 1.165) is 62.8 Å². The molecule has 0 atom stereocenters. The third-order valence-electron chi connectivity index (χ3n) is 8.93. The molecule has 0 unspecified atom stereocenters. The molecule has 0 amide bonds. The maximum atomic E-state index is 5.58. The van der Waals surface area contributed by atoms with Crippen molar-refractivity contribution in [3.63, 3.8) is 0 Å². The third kappa shape index (κ3) is 5.56. The Hall–Kier alpha value is -2.59. The normalized spacial score (nSPS) is 12.6. The van der Waals surface area contributed by atoms with E-state index < -0.39 is 0 Å². The van der Waals surface area contributed by atoms with Crippen molar-refractivity contribution in [3.8, 4) is 0 Å². The topological polar surface area (TPSA) is 57.4 Å². The molecule has 0 spiro atoms. The number of aryl methyl sites for hydroxylation is 6. The van der Waals surface area contributed by atoms with Crippen molar-refractivity contribution < 1.29 is 15.1 Å². The number of hydrogen-bond acceptors (Lipinski definition) is 2. The average Bonchev–Trinajstić information content (AvgIpc) is 3.78. The zero-order valence-electron chi connectivity index (χ0n) is 26.6. The number of aromatic nitrogens is 4. The quantitative estimate of drug-likeness (QED) is 0.192. The van der Waals surface area contributed by atoms with Crippen LogP contribution in [0.1, 0.15) is 124 Å². The number of aromatic amines is 2. The molecule has 2 N–H and O–H groups in total. The van der Waals surface area contributed by atoms with Crippen LogP contribution in [0, 0.1) is 0 Å². The Bertz CT molecular complexity index is 1570. The molecule has 2 aliphatic rings. The summed E-state index contributed by atoms with van der Waals surface area (Å²) in [5.74, 6) is 0. The Morgan fingerprint density at radius 2 is 0.857 bits per heavy atom. The van der Waals surface area contributed by atoms with Crippen molar-refractivity contribution >= 4 is 55.5 Å². The summed E-state index contributed by atoms with van der Waals surface area (Å²) in [7, 11) is 4.45. The Kier molecular flexibility index (Phi) is 11.0. The molecule has 8 bridgehead atoms. The standard InChI is InChI=1S/C36H46N4.ClH.Mn/c1-9-23-25(11-3)33-29(15-7)35-27(13-5)28(14-6)36(40-35)30(16-8)34-26(12-4)24(10-2)32(39-34)20-22-18-17-21(37-22)19-31(23)38-33;;/h17-20,38-39H,9-16H2,1-8H3;1H;/q;;+1/p-1. The summed E-state index contributed by atoms with van der Waals surface area (Å²) >= 11 is 2.41. The first-order chi connectivity index (χ1) is 20.5. The Labute approximate surface area is 264 Å². The molecule has 0 saturated heterocycles. The van der Waals surface area contributed by atoms with Crippen LogP contribution in [-0.2, 0) is 53.6 Å². The number of halogens is 1. The van der Waals surface area contributed by atoms with Gasteiger partial charge in [-0.2, -0.15) is 0 Å². The molecule has 0 aliphatic carbocycles. The summed E-state index contributed by atoms with van der Waals surface area (Å²) in [5.41, 5.74) is 20.4. The molecule has 5 rings (SSSR count). The van der Waals surface area contributed by atoms with Crippen molar-refractivity contribution in [2.24, 2.45) is 0 Å². The molecule has 42 heavy (non-hydrogen) atoms. The van der Waals surface area contributed by atoms with Crippen molar-refractivity contribution in [1.82, 2.24) is 19.9 Å². The fourth-order valence-corrected chi connectivity index (χ4v) is 7.12. The van der Waals surface area contributed by atoms with Gasteiger partial charge >= 0.3 is 25.2 Å². The van der Waals surface area contributed by atoms with E-state index in [2.05, 4.69) is 115 Å². The van der Waals surface area contributed by atoms with Crippen molar-refractivity contribution in [3.05, 3.63) is 68.3 Å². The number of nitrogens with one attached hydrogen (secondary N) is 2. The number of nitrogens with zero attached hydrogens (tertiary/aromatic N) is 2. The number of hydrogen-bond donors (Lipinski definition) is 2. The number of fused-ring (bicyclic) bond motifs is 8. The summed E-state index contributed by atoms with van der Waals surface area (Å²) in [6.45, 7) is 18.3. The summed E-state index contributed by atoms with van der Waals surface area (Å²) in [5, 5.41) is 0. The molecule has 0 radical (unpaired) electrons. The molecule has 0 saturated carbocycles. The zero-order chi connectivity index (χ0) is 30.6. The van der Waals surface area contributed by atoms with Gasteiger partial charge in [0.15, 0.2) is 0 Å². The number of H-pyrrole nitrogens is 2. The average molecular weight is 625 g/mol. The van der Waals surface area contributed by atoms with Gasteiger partial charge in [-0.25, -0.2) is 9.97 Å². The second kappa shape index (κ2) is 14.3. The van der Waals surface area contributed by atoms with Crippen LogP contribution in [0.5, 0.6) is 0 Å². The van der Waals surface area contributed by atoms with Gasteiger partial charge < -0.3 is 9.97 Å². The van der Waals surface area contributed by atoms with Gasteiger partial charge in [0.25, 0.3) is 0 Å². The van der Waals surface area contributed by atoms with Crippen LogP contribution in [0.25, 0.3) is 45.4 Å². The van der Waals surface area contributed by atoms with Crippen LogP contribution in [0.15, 0.2) is 12.1 Å². The Morgan fingerprint density at radius 1 is 0.500 bits per heavy atom. The predicted molar refractivity (Wildman–Crippen MR) is 179 cm³/mol. The SMILES string of the molecule is CCC1=C(CC)c2nc1c(CC)c1[nH]c(cc3nc(cc4[nH]c(c2CC)c(CC)c4CC)C=C3)c(CC)c1CC.[Cl][Mn]. The first-order valence-corrected chi connectivity index (χ1v) is 17.5. The molecule has 0 fully saturated rings. The van der Waals surface area contributed by atoms with E-state index >= 15 is 0 Å². The molecular weight excluding hydrogens is 579 g/mol. The summed E-state index contributed by atoms with van der Waals surface area (Å²) in [6, 6.07) is 4.47. The van der Waals surface area contributed by atoms with E-state index in [9.17, 15) is 0 Å². The van der Waals surface area contributed by atoms with Gasteiger partial charge in [-0.3, -0.25) is 0 Å². The molecule has 224 valence electrons.